The van der Waals surface area contributed by atoms with E-state index < -0.39 is 22.2 Å². The molecule has 1 spiro atoms. The lowest BCUT2D eigenvalue weighted by Crippen LogP contribution is -2.46. The average Bonchev–Trinajstić information content (AvgIpc) is 2.83. The zero-order valence-corrected chi connectivity index (χ0v) is 13.5. The number of ether oxygens (including phenoxy) is 1. The molecule has 0 radical (unpaired) electrons. The van der Waals surface area contributed by atoms with Crippen molar-refractivity contribution >= 4 is 16.0 Å². The third-order valence-corrected chi connectivity index (χ3v) is 4.29. The number of carboxylic acids is 1. The molecule has 11 heteroatoms. The first-order valence-corrected chi connectivity index (χ1v) is 8.96. The highest BCUT2D eigenvalue weighted by Crippen LogP contribution is 2.33. The first-order valence-electron chi connectivity index (χ1n) is 7.07. The maximum Gasteiger partial charge on any atom is 0.490 e. The largest absolute Gasteiger partial charge is 0.490 e. The highest BCUT2D eigenvalue weighted by atomic mass is 32.2. The van der Waals surface area contributed by atoms with Crippen LogP contribution in [0.2, 0.25) is 0 Å². The summed E-state index contributed by atoms with van der Waals surface area (Å²) in [6, 6.07) is 0. The van der Waals surface area contributed by atoms with Gasteiger partial charge in [-0.1, -0.05) is 0 Å². The van der Waals surface area contributed by atoms with E-state index in [0.717, 1.165) is 38.8 Å². The van der Waals surface area contributed by atoms with Gasteiger partial charge in [0.1, 0.15) is 0 Å². The van der Waals surface area contributed by atoms with Crippen molar-refractivity contribution in [3.05, 3.63) is 0 Å². The van der Waals surface area contributed by atoms with Gasteiger partial charge in [0.2, 0.25) is 10.0 Å². The molecule has 2 aliphatic rings. The molecule has 0 unspecified atom stereocenters. The maximum atomic E-state index is 11.0. The van der Waals surface area contributed by atoms with Crippen molar-refractivity contribution < 1.29 is 36.2 Å². The number of sulfonamides is 1. The number of alkyl halides is 3. The quantitative estimate of drug-likeness (QED) is 0.674. The summed E-state index contributed by atoms with van der Waals surface area (Å²) in [5.74, 6) is -2.76. The maximum absolute atomic E-state index is 11.0. The molecule has 3 N–H and O–H groups in total. The average molecular weight is 362 g/mol. The topological polar surface area (TPSA) is 105 Å². The predicted molar refractivity (Wildman–Crippen MR) is 75.5 cm³/mol. The van der Waals surface area contributed by atoms with Crippen LogP contribution < -0.4 is 10.0 Å². The fourth-order valence-corrected chi connectivity index (χ4v) is 3.03. The van der Waals surface area contributed by atoms with Gasteiger partial charge in [0, 0.05) is 13.1 Å². The van der Waals surface area contributed by atoms with Gasteiger partial charge in [-0.25, -0.2) is 17.9 Å². The molecule has 0 aromatic rings. The third kappa shape index (κ3) is 7.46. The van der Waals surface area contributed by atoms with E-state index in [-0.39, 0.29) is 11.7 Å². The fourth-order valence-electron chi connectivity index (χ4n) is 2.55. The highest BCUT2D eigenvalue weighted by molar-refractivity contribution is 7.88. The van der Waals surface area contributed by atoms with E-state index in [1.165, 1.54) is 6.26 Å². The van der Waals surface area contributed by atoms with E-state index in [9.17, 15) is 21.6 Å². The van der Waals surface area contributed by atoms with Gasteiger partial charge in [0.25, 0.3) is 0 Å². The molecule has 0 bridgehead atoms. The first kappa shape index (κ1) is 20.1. The van der Waals surface area contributed by atoms with E-state index in [4.69, 9.17) is 14.6 Å². The molecular weight excluding hydrogens is 341 g/mol. The molecule has 0 saturated carbocycles. The van der Waals surface area contributed by atoms with E-state index in [2.05, 4.69) is 10.0 Å². The fraction of sp³-hybridized carbons (Fsp3) is 0.917. The molecule has 2 aliphatic heterocycles. The molecule has 0 aliphatic carbocycles. The van der Waals surface area contributed by atoms with Gasteiger partial charge in [-0.3, -0.25) is 0 Å². The Kier molecular flexibility index (Phi) is 6.81. The monoisotopic (exact) mass is 362 g/mol. The molecule has 2 fully saturated rings. The van der Waals surface area contributed by atoms with E-state index >= 15 is 0 Å². The summed E-state index contributed by atoms with van der Waals surface area (Å²) in [6.45, 7) is 2.31. The van der Waals surface area contributed by atoms with Crippen molar-refractivity contribution in [2.24, 2.45) is 0 Å². The molecular formula is C12H21F3N2O5S. The van der Waals surface area contributed by atoms with Gasteiger partial charge in [0.05, 0.1) is 18.0 Å². The molecule has 7 nitrogen and oxygen atoms in total. The molecule has 0 aromatic carbocycles. The lowest BCUT2D eigenvalue weighted by Gasteiger charge is -2.38. The van der Waals surface area contributed by atoms with Crippen LogP contribution in [0.3, 0.4) is 0 Å². The smallest absolute Gasteiger partial charge is 0.475 e. The van der Waals surface area contributed by atoms with Crippen molar-refractivity contribution in [2.45, 2.75) is 43.6 Å². The zero-order chi connectivity index (χ0) is 17.7. The number of aliphatic carboxylic acids is 1. The van der Waals surface area contributed by atoms with Gasteiger partial charge in [-0.2, -0.15) is 13.2 Å². The van der Waals surface area contributed by atoms with Gasteiger partial charge in [-0.15, -0.1) is 0 Å². The van der Waals surface area contributed by atoms with Crippen LogP contribution >= 0.6 is 0 Å². The van der Waals surface area contributed by atoms with Gasteiger partial charge in [0.15, 0.2) is 0 Å². The number of nitrogens with one attached hydrogen (secondary N) is 2. The minimum atomic E-state index is -5.08. The van der Waals surface area contributed by atoms with Crippen LogP contribution in [0.15, 0.2) is 0 Å². The molecule has 0 aromatic heterocycles. The Morgan fingerprint density at radius 1 is 1.43 bits per heavy atom. The summed E-state index contributed by atoms with van der Waals surface area (Å²) in [5, 5.41) is 10.4. The van der Waals surface area contributed by atoms with Crippen LogP contribution in [0.25, 0.3) is 0 Å². The Labute approximate surface area is 132 Å². The van der Waals surface area contributed by atoms with Crippen molar-refractivity contribution in [1.82, 2.24) is 10.0 Å². The minimum Gasteiger partial charge on any atom is -0.475 e. The third-order valence-electron chi connectivity index (χ3n) is 3.60. The summed E-state index contributed by atoms with van der Waals surface area (Å²) in [7, 11) is -3.10. The Balaban J connectivity index is 0.000000322. The number of hydrogen-bond acceptors (Lipinski definition) is 5. The second kappa shape index (κ2) is 7.77. The van der Waals surface area contributed by atoms with Crippen molar-refractivity contribution in [3.8, 4) is 0 Å². The normalized spacial score (nSPS) is 28.3. The Bertz CT molecular complexity index is 503. The first-order chi connectivity index (χ1) is 10.4. The van der Waals surface area contributed by atoms with Crippen LogP contribution in [0.1, 0.15) is 25.7 Å². The van der Waals surface area contributed by atoms with Gasteiger partial charge >= 0.3 is 12.1 Å². The molecule has 2 rings (SSSR count). The lowest BCUT2D eigenvalue weighted by molar-refractivity contribution is -0.192. The molecule has 2 atom stereocenters. The zero-order valence-electron chi connectivity index (χ0n) is 12.6. The summed E-state index contributed by atoms with van der Waals surface area (Å²) in [5.41, 5.74) is -0.0257. The number of halogens is 3. The number of carboxylic acid groups (broad SMARTS) is 1. The second-order valence-electron chi connectivity index (χ2n) is 5.67. The Hall–Kier alpha value is -0.910. The molecule has 136 valence electrons. The summed E-state index contributed by atoms with van der Waals surface area (Å²) < 4.78 is 62.3. The van der Waals surface area contributed by atoms with Crippen molar-refractivity contribution in [3.63, 3.8) is 0 Å². The number of carbonyl (C=O) groups is 1. The highest BCUT2D eigenvalue weighted by Gasteiger charge is 2.39. The number of hydrogen-bond donors (Lipinski definition) is 3. The van der Waals surface area contributed by atoms with Crippen LogP contribution in [0, 0.1) is 0 Å². The van der Waals surface area contributed by atoms with E-state index in [1.807, 2.05) is 0 Å². The lowest BCUT2D eigenvalue weighted by atomic mass is 9.91. The van der Waals surface area contributed by atoms with Gasteiger partial charge < -0.3 is 15.2 Å². The van der Waals surface area contributed by atoms with Crippen LogP contribution in [-0.4, -0.2) is 63.3 Å². The Morgan fingerprint density at radius 3 is 2.48 bits per heavy atom. The summed E-state index contributed by atoms with van der Waals surface area (Å²) in [6.07, 6.45) is 0.339. The molecule has 0 amide bonds. The van der Waals surface area contributed by atoms with Gasteiger partial charge in [-0.05, 0) is 32.2 Å². The van der Waals surface area contributed by atoms with E-state index in [0.29, 0.717) is 6.54 Å². The second-order valence-corrected chi connectivity index (χ2v) is 7.50. The standard InChI is InChI=1S/C10H20N2O3S.C2HF3O2/c1-16(13,14)12-7-9-3-2-4-10(15-9)5-6-11-8-10;3-2(4,5)1(6)7/h9,11-12H,2-8H2,1H3;(H,6,7)/t9-,10+;/m0./s1. The minimum absolute atomic E-state index is 0.0257. The molecule has 23 heavy (non-hydrogen) atoms. The van der Waals surface area contributed by atoms with Crippen molar-refractivity contribution in [1.29, 1.82) is 0 Å². The van der Waals surface area contributed by atoms with Crippen molar-refractivity contribution in [2.75, 3.05) is 25.9 Å². The molecule has 2 saturated heterocycles. The van der Waals surface area contributed by atoms with Crippen LogP contribution in [-0.2, 0) is 19.6 Å². The predicted octanol–water partition coefficient (Wildman–Crippen LogP) is 0.470. The van der Waals surface area contributed by atoms with E-state index in [1.54, 1.807) is 0 Å². The number of rotatable bonds is 3. The van der Waals surface area contributed by atoms with Crippen LogP contribution in [0.5, 0.6) is 0 Å². The molecule has 2 heterocycles. The summed E-state index contributed by atoms with van der Waals surface area (Å²) >= 11 is 0. The van der Waals surface area contributed by atoms with Crippen LogP contribution in [0.4, 0.5) is 13.2 Å². The SMILES string of the molecule is CS(=O)(=O)NC[C@@H]1CCC[C@]2(CCNC2)O1.O=C(O)C(F)(F)F. The summed E-state index contributed by atoms with van der Waals surface area (Å²) in [4.78, 5) is 8.90. The Morgan fingerprint density at radius 2 is 2.04 bits per heavy atom.